The molecule has 1 aliphatic rings. The highest BCUT2D eigenvalue weighted by Crippen LogP contribution is 2.14. The predicted molar refractivity (Wildman–Crippen MR) is 57.1 cm³/mol. The van der Waals surface area contributed by atoms with E-state index < -0.39 is 6.23 Å². The number of anilines is 1. The maximum Gasteiger partial charge on any atom is 0.139 e. The third kappa shape index (κ3) is 2.67. The summed E-state index contributed by atoms with van der Waals surface area (Å²) in [6.07, 6.45) is 1.37. The second-order valence-corrected chi connectivity index (χ2v) is 3.80. The highest BCUT2D eigenvalue weighted by atomic mass is 19.1. The summed E-state index contributed by atoms with van der Waals surface area (Å²) < 4.78 is 12.9. The molecule has 4 heteroatoms. The Kier molecular flexibility index (Phi) is 3.18. The van der Waals surface area contributed by atoms with Crippen molar-refractivity contribution in [3.63, 3.8) is 0 Å². The van der Waals surface area contributed by atoms with Crippen LogP contribution in [0.5, 0.6) is 0 Å². The Balaban J connectivity index is 1.95. The van der Waals surface area contributed by atoms with Crippen LogP contribution in [0.3, 0.4) is 0 Å². The number of benzene rings is 1. The van der Waals surface area contributed by atoms with Crippen LogP contribution in [0.1, 0.15) is 12.8 Å². The molecule has 15 heavy (non-hydrogen) atoms. The molecule has 2 rings (SSSR count). The second-order valence-electron chi connectivity index (χ2n) is 3.80. The molecule has 0 radical (unpaired) electrons. The van der Waals surface area contributed by atoms with E-state index in [2.05, 4.69) is 10.6 Å². The standard InChI is InChI=1S/C11H15FN2O/c12-8-3-1-4-9(7-8)14-11(15)10-5-2-6-13-10/h1,3-4,7,10-11,13-15H,2,5-6H2/t10-,11?/m1/s1. The molecule has 0 aliphatic carbocycles. The van der Waals surface area contributed by atoms with Crippen molar-refractivity contribution in [2.75, 3.05) is 11.9 Å². The van der Waals surface area contributed by atoms with Gasteiger partial charge in [-0.2, -0.15) is 0 Å². The van der Waals surface area contributed by atoms with Crippen molar-refractivity contribution in [2.24, 2.45) is 0 Å². The van der Waals surface area contributed by atoms with Crippen LogP contribution in [0.15, 0.2) is 24.3 Å². The van der Waals surface area contributed by atoms with Crippen molar-refractivity contribution in [3.8, 4) is 0 Å². The minimum absolute atomic E-state index is 0.0632. The van der Waals surface area contributed by atoms with Crippen LogP contribution in [0.25, 0.3) is 0 Å². The number of halogens is 1. The molecule has 0 bridgehead atoms. The largest absolute Gasteiger partial charge is 0.372 e. The van der Waals surface area contributed by atoms with Gasteiger partial charge in [0.2, 0.25) is 0 Å². The van der Waals surface area contributed by atoms with Gasteiger partial charge in [0.1, 0.15) is 12.0 Å². The summed E-state index contributed by atoms with van der Waals surface area (Å²) in [4.78, 5) is 0. The predicted octanol–water partition coefficient (Wildman–Crippen LogP) is 1.31. The Labute approximate surface area is 88.3 Å². The first-order valence-corrected chi connectivity index (χ1v) is 5.19. The fraction of sp³-hybridized carbons (Fsp3) is 0.455. The Morgan fingerprint density at radius 1 is 1.53 bits per heavy atom. The van der Waals surface area contributed by atoms with Crippen molar-refractivity contribution < 1.29 is 9.50 Å². The van der Waals surface area contributed by atoms with Gasteiger partial charge in [-0.1, -0.05) is 6.07 Å². The van der Waals surface area contributed by atoms with E-state index >= 15 is 0 Å². The van der Waals surface area contributed by atoms with Gasteiger partial charge in [-0.25, -0.2) is 4.39 Å². The zero-order chi connectivity index (χ0) is 10.7. The van der Waals surface area contributed by atoms with E-state index in [0.29, 0.717) is 5.69 Å². The summed E-state index contributed by atoms with van der Waals surface area (Å²) in [7, 11) is 0. The Bertz CT molecular complexity index is 326. The van der Waals surface area contributed by atoms with Gasteiger partial charge in [0, 0.05) is 5.69 Å². The Hall–Kier alpha value is -1.13. The van der Waals surface area contributed by atoms with E-state index in [-0.39, 0.29) is 11.9 Å². The zero-order valence-electron chi connectivity index (χ0n) is 8.41. The summed E-state index contributed by atoms with van der Waals surface area (Å²) in [6, 6.07) is 6.17. The van der Waals surface area contributed by atoms with Crippen LogP contribution >= 0.6 is 0 Å². The summed E-state index contributed by atoms with van der Waals surface area (Å²) in [6.45, 7) is 0.937. The monoisotopic (exact) mass is 210 g/mol. The van der Waals surface area contributed by atoms with Crippen LogP contribution in [0.2, 0.25) is 0 Å². The van der Waals surface area contributed by atoms with Crippen molar-refractivity contribution in [1.29, 1.82) is 0 Å². The minimum atomic E-state index is -0.658. The highest BCUT2D eigenvalue weighted by Gasteiger charge is 2.22. The fourth-order valence-electron chi connectivity index (χ4n) is 1.83. The van der Waals surface area contributed by atoms with E-state index in [0.717, 1.165) is 19.4 Å². The first-order chi connectivity index (χ1) is 7.25. The summed E-state index contributed by atoms with van der Waals surface area (Å²) >= 11 is 0. The average Bonchev–Trinajstić information content (AvgIpc) is 2.70. The summed E-state index contributed by atoms with van der Waals surface area (Å²) in [5.41, 5.74) is 0.608. The lowest BCUT2D eigenvalue weighted by Gasteiger charge is -2.20. The molecule has 1 unspecified atom stereocenters. The van der Waals surface area contributed by atoms with Gasteiger partial charge in [0.15, 0.2) is 0 Å². The average molecular weight is 210 g/mol. The van der Waals surface area contributed by atoms with E-state index in [1.165, 1.54) is 12.1 Å². The SMILES string of the molecule is OC(Nc1cccc(F)c1)[C@H]1CCCN1. The molecule has 0 aromatic heterocycles. The number of nitrogens with one attached hydrogen (secondary N) is 2. The molecule has 1 aromatic rings. The van der Waals surface area contributed by atoms with Gasteiger partial charge in [-0.05, 0) is 37.6 Å². The van der Waals surface area contributed by atoms with E-state index in [1.54, 1.807) is 12.1 Å². The van der Waals surface area contributed by atoms with Crippen molar-refractivity contribution in [3.05, 3.63) is 30.1 Å². The van der Waals surface area contributed by atoms with Crippen LogP contribution in [-0.2, 0) is 0 Å². The van der Waals surface area contributed by atoms with E-state index in [1.807, 2.05) is 0 Å². The molecule has 3 N–H and O–H groups in total. The van der Waals surface area contributed by atoms with E-state index in [9.17, 15) is 9.50 Å². The quantitative estimate of drug-likeness (QED) is 0.659. The number of rotatable bonds is 3. The molecule has 0 spiro atoms. The van der Waals surface area contributed by atoms with Gasteiger partial charge < -0.3 is 15.7 Å². The van der Waals surface area contributed by atoms with Crippen molar-refractivity contribution in [1.82, 2.24) is 5.32 Å². The zero-order valence-corrected chi connectivity index (χ0v) is 8.41. The topological polar surface area (TPSA) is 44.3 Å². The first kappa shape index (κ1) is 10.4. The summed E-state index contributed by atoms with van der Waals surface area (Å²) in [5, 5.41) is 15.9. The first-order valence-electron chi connectivity index (χ1n) is 5.19. The van der Waals surface area contributed by atoms with Crippen LogP contribution < -0.4 is 10.6 Å². The van der Waals surface area contributed by atoms with Gasteiger partial charge in [0.25, 0.3) is 0 Å². The molecule has 1 heterocycles. The maximum absolute atomic E-state index is 12.9. The third-order valence-electron chi connectivity index (χ3n) is 2.62. The second kappa shape index (κ2) is 4.59. The molecule has 3 nitrogen and oxygen atoms in total. The molecule has 0 saturated carbocycles. The number of hydrogen-bond donors (Lipinski definition) is 3. The molecule has 1 aromatic carbocycles. The maximum atomic E-state index is 12.9. The molecule has 0 amide bonds. The van der Waals surface area contributed by atoms with Gasteiger partial charge in [0.05, 0.1) is 6.04 Å². The van der Waals surface area contributed by atoms with Crippen LogP contribution in [0.4, 0.5) is 10.1 Å². The number of aliphatic hydroxyl groups excluding tert-OH is 1. The molecule has 1 saturated heterocycles. The lowest BCUT2D eigenvalue weighted by molar-refractivity contribution is 0.163. The normalized spacial score (nSPS) is 22.7. The van der Waals surface area contributed by atoms with Crippen molar-refractivity contribution in [2.45, 2.75) is 25.1 Å². The van der Waals surface area contributed by atoms with Gasteiger partial charge in [-0.3, -0.25) is 0 Å². The van der Waals surface area contributed by atoms with Crippen molar-refractivity contribution >= 4 is 5.69 Å². The smallest absolute Gasteiger partial charge is 0.139 e. The van der Waals surface area contributed by atoms with Crippen LogP contribution in [-0.4, -0.2) is 23.9 Å². The Morgan fingerprint density at radius 2 is 2.40 bits per heavy atom. The molecular formula is C11H15FN2O. The lowest BCUT2D eigenvalue weighted by Crippen LogP contribution is -2.39. The molecule has 82 valence electrons. The molecule has 2 atom stereocenters. The number of hydrogen-bond acceptors (Lipinski definition) is 3. The third-order valence-corrected chi connectivity index (χ3v) is 2.62. The highest BCUT2D eigenvalue weighted by molar-refractivity contribution is 5.43. The van der Waals surface area contributed by atoms with E-state index in [4.69, 9.17) is 0 Å². The minimum Gasteiger partial charge on any atom is -0.372 e. The number of aliphatic hydroxyl groups is 1. The molecular weight excluding hydrogens is 195 g/mol. The molecule has 1 aliphatic heterocycles. The lowest BCUT2D eigenvalue weighted by atomic mass is 10.2. The Morgan fingerprint density at radius 3 is 3.07 bits per heavy atom. The molecule has 1 fully saturated rings. The van der Waals surface area contributed by atoms with Crippen LogP contribution in [0, 0.1) is 5.82 Å². The van der Waals surface area contributed by atoms with Gasteiger partial charge in [-0.15, -0.1) is 0 Å². The van der Waals surface area contributed by atoms with Gasteiger partial charge >= 0.3 is 0 Å². The summed E-state index contributed by atoms with van der Waals surface area (Å²) in [5.74, 6) is -0.299. The fourth-order valence-corrected chi connectivity index (χ4v) is 1.83.